The molecule has 5 nitrogen and oxygen atoms in total. The summed E-state index contributed by atoms with van der Waals surface area (Å²) < 4.78 is 0. The Bertz CT molecular complexity index is 483. The van der Waals surface area contributed by atoms with E-state index in [4.69, 9.17) is 5.73 Å². The molecule has 1 aromatic carbocycles. The van der Waals surface area contributed by atoms with E-state index in [0.717, 1.165) is 5.56 Å². The second-order valence-electron chi connectivity index (χ2n) is 5.97. The molecule has 0 heterocycles. The molecule has 1 aromatic rings. The number of nitrogens with one attached hydrogen (secondary N) is 1. The number of carbonyl (C=O) groups is 1. The molecular formula is C16H27IN4O. The average molecular weight is 418 g/mol. The summed E-state index contributed by atoms with van der Waals surface area (Å²) in [5, 5.41) is 3.04. The summed E-state index contributed by atoms with van der Waals surface area (Å²) in [6.45, 7) is 9.24. The topological polar surface area (TPSA) is 70.7 Å². The highest BCUT2D eigenvalue weighted by atomic mass is 127. The molecule has 0 aliphatic heterocycles. The second-order valence-corrected chi connectivity index (χ2v) is 5.97. The summed E-state index contributed by atoms with van der Waals surface area (Å²) in [5.74, 6) is 0.270. The molecular weight excluding hydrogens is 391 g/mol. The first-order valence-corrected chi connectivity index (χ1v) is 7.21. The minimum atomic E-state index is -0.162. The Kier molecular flexibility index (Phi) is 9.08. The highest BCUT2D eigenvalue weighted by Gasteiger charge is 2.13. The number of hydrogen-bond donors (Lipinski definition) is 2. The Morgan fingerprint density at radius 3 is 2.36 bits per heavy atom. The van der Waals surface area contributed by atoms with E-state index in [0.29, 0.717) is 19.0 Å². The van der Waals surface area contributed by atoms with Crippen molar-refractivity contribution >= 4 is 35.8 Å². The van der Waals surface area contributed by atoms with Crippen molar-refractivity contribution in [3.8, 4) is 0 Å². The van der Waals surface area contributed by atoms with E-state index in [1.807, 2.05) is 58.0 Å². The van der Waals surface area contributed by atoms with Gasteiger partial charge in [0.25, 0.3) is 0 Å². The Morgan fingerprint density at radius 1 is 1.27 bits per heavy atom. The van der Waals surface area contributed by atoms with Crippen LogP contribution in [0, 0.1) is 0 Å². The minimum Gasteiger partial charge on any atom is -0.370 e. The number of likely N-dealkylation sites (N-methyl/N-ethyl adjacent to an activating group) is 1. The molecule has 0 aliphatic carbocycles. The first kappa shape index (κ1) is 20.7. The largest absolute Gasteiger partial charge is 0.370 e. The fraction of sp³-hybridized carbons (Fsp3) is 0.500. The van der Waals surface area contributed by atoms with Crippen molar-refractivity contribution in [2.75, 3.05) is 13.1 Å². The summed E-state index contributed by atoms with van der Waals surface area (Å²) >= 11 is 0. The number of carbonyl (C=O) groups excluding carboxylic acids is 1. The third-order valence-electron chi connectivity index (χ3n) is 2.84. The first-order chi connectivity index (χ1) is 9.81. The summed E-state index contributed by atoms with van der Waals surface area (Å²) in [6, 6.07) is 9.92. The van der Waals surface area contributed by atoms with Gasteiger partial charge in [0.15, 0.2) is 5.96 Å². The normalized spacial score (nSPS) is 11.5. The number of hydrogen-bond acceptors (Lipinski definition) is 2. The summed E-state index contributed by atoms with van der Waals surface area (Å²) in [7, 11) is 0. The van der Waals surface area contributed by atoms with Crippen molar-refractivity contribution in [1.82, 2.24) is 10.2 Å². The molecule has 0 spiro atoms. The fourth-order valence-electron chi connectivity index (χ4n) is 1.86. The zero-order valence-electron chi connectivity index (χ0n) is 13.8. The summed E-state index contributed by atoms with van der Waals surface area (Å²) in [4.78, 5) is 18.1. The van der Waals surface area contributed by atoms with Gasteiger partial charge in [0.05, 0.1) is 0 Å². The maximum absolute atomic E-state index is 12.2. The molecule has 0 bridgehead atoms. The van der Waals surface area contributed by atoms with E-state index in [1.54, 1.807) is 4.90 Å². The number of amides is 1. The molecule has 0 saturated heterocycles. The van der Waals surface area contributed by atoms with Gasteiger partial charge in [-0.1, -0.05) is 30.3 Å². The highest BCUT2D eigenvalue weighted by molar-refractivity contribution is 14.0. The number of halogens is 1. The van der Waals surface area contributed by atoms with Gasteiger partial charge in [-0.05, 0) is 33.3 Å². The Balaban J connectivity index is 0.00000441. The maximum atomic E-state index is 12.2. The smallest absolute Gasteiger partial charge is 0.244 e. The zero-order chi connectivity index (χ0) is 15.9. The van der Waals surface area contributed by atoms with Crippen LogP contribution in [0.4, 0.5) is 0 Å². The van der Waals surface area contributed by atoms with Crippen LogP contribution in [-0.4, -0.2) is 35.4 Å². The van der Waals surface area contributed by atoms with Gasteiger partial charge in [-0.3, -0.25) is 4.79 Å². The van der Waals surface area contributed by atoms with Gasteiger partial charge < -0.3 is 16.0 Å². The average Bonchev–Trinajstić information content (AvgIpc) is 2.41. The Labute approximate surface area is 150 Å². The molecule has 124 valence electrons. The summed E-state index contributed by atoms with van der Waals surface area (Å²) in [6.07, 6.45) is 0. The molecule has 1 amide bonds. The standard InChI is InChI=1S/C16H26N4O.HI/c1-5-20(12-13-9-7-6-8-10-13)14(21)11-18-15(17)19-16(2,3)4;/h6-10H,5,11-12H2,1-4H3,(H3,17,18,19);1H. The zero-order valence-corrected chi connectivity index (χ0v) is 16.1. The van der Waals surface area contributed by atoms with Crippen LogP contribution < -0.4 is 11.1 Å². The summed E-state index contributed by atoms with van der Waals surface area (Å²) in [5.41, 5.74) is 6.72. The molecule has 0 radical (unpaired) electrons. The van der Waals surface area contributed by atoms with E-state index < -0.39 is 0 Å². The van der Waals surface area contributed by atoms with E-state index in [-0.39, 0.29) is 42.0 Å². The lowest BCUT2D eigenvalue weighted by Crippen LogP contribution is -2.45. The number of benzene rings is 1. The van der Waals surface area contributed by atoms with E-state index >= 15 is 0 Å². The molecule has 0 saturated carbocycles. The van der Waals surface area contributed by atoms with Gasteiger partial charge in [-0.15, -0.1) is 24.0 Å². The minimum absolute atomic E-state index is 0. The van der Waals surface area contributed by atoms with Crippen molar-refractivity contribution in [2.24, 2.45) is 10.7 Å². The monoisotopic (exact) mass is 418 g/mol. The number of guanidine groups is 1. The van der Waals surface area contributed by atoms with Crippen LogP contribution in [-0.2, 0) is 11.3 Å². The van der Waals surface area contributed by atoms with Gasteiger partial charge in [0.2, 0.25) is 5.91 Å². The van der Waals surface area contributed by atoms with Crippen molar-refractivity contribution in [1.29, 1.82) is 0 Å². The molecule has 6 heteroatoms. The molecule has 1 rings (SSSR count). The quantitative estimate of drug-likeness (QED) is 0.438. The number of nitrogens with two attached hydrogens (primary N) is 1. The second kappa shape index (κ2) is 9.66. The third kappa shape index (κ3) is 8.21. The maximum Gasteiger partial charge on any atom is 0.244 e. The molecule has 0 unspecified atom stereocenters. The van der Waals surface area contributed by atoms with E-state index in [2.05, 4.69) is 10.3 Å². The first-order valence-electron chi connectivity index (χ1n) is 7.21. The van der Waals surface area contributed by atoms with Crippen LogP contribution in [0.2, 0.25) is 0 Å². The number of aliphatic imine (C=N–C) groups is 1. The van der Waals surface area contributed by atoms with Gasteiger partial charge >= 0.3 is 0 Å². The van der Waals surface area contributed by atoms with Crippen LogP contribution >= 0.6 is 24.0 Å². The highest BCUT2D eigenvalue weighted by Crippen LogP contribution is 2.04. The predicted octanol–water partition coefficient (Wildman–Crippen LogP) is 2.36. The Hall–Kier alpha value is -1.31. The Morgan fingerprint density at radius 2 is 1.86 bits per heavy atom. The van der Waals surface area contributed by atoms with Crippen LogP contribution in [0.25, 0.3) is 0 Å². The van der Waals surface area contributed by atoms with Gasteiger partial charge in [0, 0.05) is 18.6 Å². The lowest BCUT2D eigenvalue weighted by atomic mass is 10.1. The van der Waals surface area contributed by atoms with Crippen molar-refractivity contribution in [2.45, 2.75) is 39.8 Å². The van der Waals surface area contributed by atoms with Crippen LogP contribution in [0.1, 0.15) is 33.3 Å². The van der Waals surface area contributed by atoms with Gasteiger partial charge in [0.1, 0.15) is 6.54 Å². The molecule has 0 fully saturated rings. The van der Waals surface area contributed by atoms with Crippen molar-refractivity contribution in [3.63, 3.8) is 0 Å². The molecule has 0 aromatic heterocycles. The number of nitrogens with zero attached hydrogens (tertiary/aromatic N) is 2. The fourth-order valence-corrected chi connectivity index (χ4v) is 1.86. The van der Waals surface area contributed by atoms with Gasteiger partial charge in [-0.2, -0.15) is 0 Å². The molecule has 3 N–H and O–H groups in total. The van der Waals surface area contributed by atoms with Crippen LogP contribution in [0.15, 0.2) is 35.3 Å². The van der Waals surface area contributed by atoms with Crippen molar-refractivity contribution in [3.05, 3.63) is 35.9 Å². The third-order valence-corrected chi connectivity index (χ3v) is 2.84. The van der Waals surface area contributed by atoms with Crippen LogP contribution in [0.5, 0.6) is 0 Å². The lowest BCUT2D eigenvalue weighted by molar-refractivity contribution is -0.130. The van der Waals surface area contributed by atoms with E-state index in [1.165, 1.54) is 0 Å². The molecule has 0 atom stereocenters. The van der Waals surface area contributed by atoms with E-state index in [9.17, 15) is 4.79 Å². The van der Waals surface area contributed by atoms with Gasteiger partial charge in [-0.25, -0.2) is 4.99 Å². The number of rotatable bonds is 5. The van der Waals surface area contributed by atoms with Crippen molar-refractivity contribution < 1.29 is 4.79 Å². The lowest BCUT2D eigenvalue weighted by Gasteiger charge is -2.22. The molecule has 22 heavy (non-hydrogen) atoms. The predicted molar refractivity (Wildman–Crippen MR) is 102 cm³/mol. The molecule has 0 aliphatic rings. The SMILES string of the molecule is CCN(Cc1ccccc1)C(=O)CN=C(N)NC(C)(C)C.I. The van der Waals surface area contributed by atoms with Crippen LogP contribution in [0.3, 0.4) is 0 Å².